The summed E-state index contributed by atoms with van der Waals surface area (Å²) in [6.45, 7) is 5.86. The van der Waals surface area contributed by atoms with Gasteiger partial charge in [-0.2, -0.15) is 0 Å². The number of hydrogen-bond donors (Lipinski definition) is 1. The minimum Gasteiger partial charge on any atom is -0.461 e. The maximum absolute atomic E-state index is 14.4. The molecular formula is C26H27FN2O3. The van der Waals surface area contributed by atoms with E-state index in [1.807, 2.05) is 50.2 Å². The van der Waals surface area contributed by atoms with Crippen LogP contribution in [-0.4, -0.2) is 23.4 Å². The van der Waals surface area contributed by atoms with Gasteiger partial charge < -0.3 is 10.1 Å². The molecule has 0 saturated heterocycles. The van der Waals surface area contributed by atoms with Gasteiger partial charge in [-0.1, -0.05) is 44.2 Å². The normalized spacial score (nSPS) is 11.6. The monoisotopic (exact) mass is 434 g/mol. The van der Waals surface area contributed by atoms with E-state index in [-0.39, 0.29) is 18.7 Å². The Kier molecular flexibility index (Phi) is 7.71. The third kappa shape index (κ3) is 5.78. The Morgan fingerprint density at radius 2 is 1.88 bits per heavy atom. The molecule has 0 aliphatic heterocycles. The predicted molar refractivity (Wildman–Crippen MR) is 121 cm³/mol. The molecule has 0 spiro atoms. The van der Waals surface area contributed by atoms with Crippen LogP contribution in [0.4, 0.5) is 4.39 Å². The summed E-state index contributed by atoms with van der Waals surface area (Å²) in [7, 11) is 0. The number of halogens is 1. The number of pyridine rings is 1. The number of carbonyl (C=O) groups excluding carboxylic acids is 2. The van der Waals surface area contributed by atoms with Crippen molar-refractivity contribution in [2.75, 3.05) is 6.54 Å². The summed E-state index contributed by atoms with van der Waals surface area (Å²) >= 11 is 0. The number of rotatable bonds is 8. The van der Waals surface area contributed by atoms with Crippen LogP contribution in [0.15, 0.2) is 60.8 Å². The standard InChI is InChI=1S/C26H27FN2O3/c1-4-23-24(17(2)10-11-28-23)20-12-21(14-22(27)13-20)25(30)29-15-18(3)26(31)32-16-19-8-6-5-7-9-19/h5-14,18H,4,15-16H2,1-3H3,(H,29,30)/t18-/m1/s1. The maximum atomic E-state index is 14.4. The quantitative estimate of drug-likeness (QED) is 0.514. The van der Waals surface area contributed by atoms with E-state index in [1.165, 1.54) is 12.1 Å². The number of aryl methyl sites for hydroxylation is 2. The van der Waals surface area contributed by atoms with Crippen LogP contribution in [0.25, 0.3) is 11.1 Å². The summed E-state index contributed by atoms with van der Waals surface area (Å²) in [6, 6.07) is 15.5. The Balaban J connectivity index is 1.66. The van der Waals surface area contributed by atoms with E-state index in [9.17, 15) is 14.0 Å². The number of hydrogen-bond acceptors (Lipinski definition) is 4. The van der Waals surface area contributed by atoms with Crippen LogP contribution in [-0.2, 0) is 22.6 Å². The third-order valence-corrected chi connectivity index (χ3v) is 5.22. The maximum Gasteiger partial charge on any atom is 0.310 e. The highest BCUT2D eigenvalue weighted by atomic mass is 19.1. The second kappa shape index (κ2) is 10.7. The van der Waals surface area contributed by atoms with Gasteiger partial charge in [-0.15, -0.1) is 0 Å². The molecule has 32 heavy (non-hydrogen) atoms. The highest BCUT2D eigenvalue weighted by Crippen LogP contribution is 2.28. The molecule has 166 valence electrons. The van der Waals surface area contributed by atoms with Crippen LogP contribution >= 0.6 is 0 Å². The summed E-state index contributed by atoms with van der Waals surface area (Å²) in [6.07, 6.45) is 2.42. The third-order valence-electron chi connectivity index (χ3n) is 5.22. The molecule has 2 aromatic carbocycles. The molecule has 0 fully saturated rings. The SMILES string of the molecule is CCc1nccc(C)c1-c1cc(F)cc(C(=O)NC[C@@H](C)C(=O)OCc2ccccc2)c1. The molecule has 5 nitrogen and oxygen atoms in total. The highest BCUT2D eigenvalue weighted by molar-refractivity contribution is 5.96. The molecule has 1 atom stereocenters. The Morgan fingerprint density at radius 1 is 1.12 bits per heavy atom. The summed E-state index contributed by atoms with van der Waals surface area (Å²) in [4.78, 5) is 29.3. The second-order valence-corrected chi connectivity index (χ2v) is 7.74. The largest absolute Gasteiger partial charge is 0.461 e. The van der Waals surface area contributed by atoms with Gasteiger partial charge >= 0.3 is 5.97 Å². The first kappa shape index (κ1) is 23.1. The van der Waals surface area contributed by atoms with Crippen LogP contribution in [0.2, 0.25) is 0 Å². The first-order chi connectivity index (χ1) is 15.4. The predicted octanol–water partition coefficient (Wildman–Crippen LogP) is 4.87. The fourth-order valence-corrected chi connectivity index (χ4v) is 3.44. The number of esters is 1. The summed E-state index contributed by atoms with van der Waals surface area (Å²) in [5, 5.41) is 2.70. The zero-order valence-corrected chi connectivity index (χ0v) is 18.5. The van der Waals surface area contributed by atoms with Crippen LogP contribution in [0.1, 0.15) is 41.0 Å². The lowest BCUT2D eigenvalue weighted by atomic mass is 9.96. The van der Waals surface area contributed by atoms with Gasteiger partial charge in [0.05, 0.1) is 5.92 Å². The molecule has 0 unspecified atom stereocenters. The number of ether oxygens (including phenoxy) is 1. The molecule has 1 N–H and O–H groups in total. The van der Waals surface area contributed by atoms with E-state index < -0.39 is 23.6 Å². The molecule has 0 saturated carbocycles. The molecule has 3 aromatic rings. The van der Waals surface area contributed by atoms with Gasteiger partial charge in [-0.3, -0.25) is 14.6 Å². The van der Waals surface area contributed by atoms with Crippen LogP contribution in [0, 0.1) is 18.7 Å². The van der Waals surface area contributed by atoms with Crippen molar-refractivity contribution in [3.05, 3.63) is 89.0 Å². The van der Waals surface area contributed by atoms with Crippen molar-refractivity contribution in [3.63, 3.8) is 0 Å². The van der Waals surface area contributed by atoms with Gasteiger partial charge in [0.15, 0.2) is 0 Å². The van der Waals surface area contributed by atoms with E-state index >= 15 is 0 Å². The number of aromatic nitrogens is 1. The number of nitrogens with one attached hydrogen (secondary N) is 1. The molecule has 1 heterocycles. The Bertz CT molecular complexity index is 1100. The number of benzene rings is 2. The molecule has 0 radical (unpaired) electrons. The molecular weight excluding hydrogens is 407 g/mol. The molecule has 1 aromatic heterocycles. The number of nitrogens with zero attached hydrogens (tertiary/aromatic N) is 1. The van der Waals surface area contributed by atoms with Gasteiger partial charge in [-0.05, 0) is 54.3 Å². The van der Waals surface area contributed by atoms with Gasteiger partial charge in [0.1, 0.15) is 12.4 Å². The van der Waals surface area contributed by atoms with Crippen molar-refractivity contribution in [2.24, 2.45) is 5.92 Å². The average molecular weight is 435 g/mol. The minimum atomic E-state index is -0.539. The first-order valence-electron chi connectivity index (χ1n) is 10.6. The van der Waals surface area contributed by atoms with E-state index in [0.717, 1.165) is 22.4 Å². The topological polar surface area (TPSA) is 68.3 Å². The molecule has 0 aliphatic carbocycles. The van der Waals surface area contributed by atoms with E-state index in [4.69, 9.17) is 4.74 Å². The van der Waals surface area contributed by atoms with Crippen molar-refractivity contribution < 1.29 is 18.7 Å². The fourth-order valence-electron chi connectivity index (χ4n) is 3.44. The average Bonchev–Trinajstić information content (AvgIpc) is 2.80. The molecule has 0 bridgehead atoms. The Hall–Kier alpha value is -3.54. The van der Waals surface area contributed by atoms with Crippen LogP contribution in [0.3, 0.4) is 0 Å². The van der Waals surface area contributed by atoms with Crippen molar-refractivity contribution in [1.29, 1.82) is 0 Å². The van der Waals surface area contributed by atoms with Crippen LogP contribution < -0.4 is 5.32 Å². The molecule has 1 amide bonds. The van der Waals surface area contributed by atoms with E-state index in [1.54, 1.807) is 19.2 Å². The molecule has 3 rings (SSSR count). The van der Waals surface area contributed by atoms with E-state index in [0.29, 0.717) is 12.0 Å². The van der Waals surface area contributed by atoms with Crippen LogP contribution in [0.5, 0.6) is 0 Å². The van der Waals surface area contributed by atoms with Crippen molar-refractivity contribution in [2.45, 2.75) is 33.8 Å². The molecule has 6 heteroatoms. The Labute approximate surface area is 187 Å². The van der Waals surface area contributed by atoms with Gasteiger partial charge in [-0.25, -0.2) is 4.39 Å². The van der Waals surface area contributed by atoms with Crippen molar-refractivity contribution in [3.8, 4) is 11.1 Å². The number of amides is 1. The number of carbonyl (C=O) groups is 2. The minimum absolute atomic E-state index is 0.0877. The van der Waals surface area contributed by atoms with E-state index in [2.05, 4.69) is 10.3 Å². The second-order valence-electron chi connectivity index (χ2n) is 7.74. The van der Waals surface area contributed by atoms with Gasteiger partial charge in [0, 0.05) is 29.6 Å². The fraction of sp³-hybridized carbons (Fsp3) is 0.269. The summed E-state index contributed by atoms with van der Waals surface area (Å²) < 4.78 is 19.7. The zero-order valence-electron chi connectivity index (χ0n) is 18.5. The summed E-state index contributed by atoms with van der Waals surface area (Å²) in [5.74, 6) is -1.91. The molecule has 0 aliphatic rings. The first-order valence-corrected chi connectivity index (χ1v) is 10.6. The van der Waals surface area contributed by atoms with Gasteiger partial charge in [0.2, 0.25) is 0 Å². The lowest BCUT2D eigenvalue weighted by Gasteiger charge is -2.14. The zero-order chi connectivity index (χ0) is 23.1. The highest BCUT2D eigenvalue weighted by Gasteiger charge is 2.18. The van der Waals surface area contributed by atoms with Gasteiger partial charge in [0.25, 0.3) is 5.91 Å². The summed E-state index contributed by atoms with van der Waals surface area (Å²) in [5.41, 5.74) is 4.33. The smallest absolute Gasteiger partial charge is 0.310 e. The lowest BCUT2D eigenvalue weighted by molar-refractivity contribution is -0.149. The lowest BCUT2D eigenvalue weighted by Crippen LogP contribution is -2.32. The van der Waals surface area contributed by atoms with Crippen molar-refractivity contribution in [1.82, 2.24) is 10.3 Å². The van der Waals surface area contributed by atoms with Crippen molar-refractivity contribution >= 4 is 11.9 Å². The Morgan fingerprint density at radius 3 is 2.59 bits per heavy atom.